The number of aromatic hydroxyl groups is 2. The number of halogens is 8. The van der Waals surface area contributed by atoms with Gasteiger partial charge in [-0.3, -0.25) is 46.0 Å². The molecule has 16 heterocycles. The maximum absolute atomic E-state index is 12.8. The molecule has 11 aromatic heterocycles. The Bertz CT molecular complexity index is 7570. The van der Waals surface area contributed by atoms with Crippen LogP contribution in [0.4, 0.5) is 63.6 Å². The summed E-state index contributed by atoms with van der Waals surface area (Å²) in [6.07, 6.45) is 10.9. The Hall–Kier alpha value is -15.9. The Kier molecular flexibility index (Phi) is 30.3. The summed E-state index contributed by atoms with van der Waals surface area (Å²) in [5.74, 6) is -1.46. The number of hydrogen-bond donors (Lipinski definition) is 8. The van der Waals surface area contributed by atoms with Gasteiger partial charge in [0.25, 0.3) is 27.8 Å². The summed E-state index contributed by atoms with van der Waals surface area (Å²) in [5.41, 5.74) is 11.9. The topological polar surface area (TPSA) is 360 Å². The summed E-state index contributed by atoms with van der Waals surface area (Å²) in [7, 11) is 2.73. The average molecular weight is 1960 g/mol. The first-order chi connectivity index (χ1) is 68.7. The number of nitrogens with one attached hydrogen (secondary N) is 6. The van der Waals surface area contributed by atoms with Crippen molar-refractivity contribution in [1.82, 2.24) is 78.5 Å². The minimum atomic E-state index is -3.07. The fourth-order valence-corrected chi connectivity index (χ4v) is 17.2. The Morgan fingerprint density at radius 3 is 0.873 bits per heavy atom. The molecular weight excluding hydrogens is 1860 g/mol. The predicted molar refractivity (Wildman–Crippen MR) is 524 cm³/mol. The fourth-order valence-electron chi connectivity index (χ4n) is 17.2. The van der Waals surface area contributed by atoms with Crippen molar-refractivity contribution >= 4 is 67.6 Å². The Balaban J connectivity index is 0.000000122. The summed E-state index contributed by atoms with van der Waals surface area (Å²) in [5, 5.41) is 37.1. The lowest BCUT2D eigenvalue weighted by Gasteiger charge is -2.33. The molecule has 8 N–H and O–H groups in total. The van der Waals surface area contributed by atoms with Gasteiger partial charge in [0.1, 0.15) is 28.2 Å². The van der Waals surface area contributed by atoms with E-state index in [-0.39, 0.29) is 62.3 Å². The second kappa shape index (κ2) is 44.1. The molecule has 5 aliphatic rings. The third-order valence-electron chi connectivity index (χ3n) is 24.3. The van der Waals surface area contributed by atoms with Crippen molar-refractivity contribution in [3.8, 4) is 102 Å². The van der Waals surface area contributed by atoms with Gasteiger partial charge in [-0.25, -0.2) is 24.9 Å². The summed E-state index contributed by atoms with van der Waals surface area (Å²) in [6.45, 7) is 8.06. The number of methoxy groups -OCH3 is 2. The van der Waals surface area contributed by atoms with Gasteiger partial charge in [-0.15, -0.1) is 0 Å². The van der Waals surface area contributed by atoms with Crippen LogP contribution in [0.2, 0.25) is 0 Å². The number of piperazine rings is 5. The van der Waals surface area contributed by atoms with Gasteiger partial charge in [0, 0.05) is 236 Å². The largest absolute Gasteiger partial charge is 0.504 e. The highest BCUT2D eigenvalue weighted by atomic mass is 19.3. The highest BCUT2D eigenvalue weighted by molar-refractivity contribution is 5.85. The molecular formula is C100H99F8N21O13. The number of pyridine rings is 5. The lowest BCUT2D eigenvalue weighted by molar-refractivity contribution is -0.0518. The number of anilines is 5. The molecule has 0 saturated carbocycles. The number of ether oxygens (including phenoxy) is 6. The minimum Gasteiger partial charge on any atom is -0.504 e. The zero-order chi connectivity index (χ0) is 99.4. The molecule has 0 bridgehead atoms. The van der Waals surface area contributed by atoms with Gasteiger partial charge in [0.2, 0.25) is 0 Å². The number of benzene rings is 5. The Labute approximate surface area is 804 Å². The monoisotopic (exact) mass is 1950 g/mol. The van der Waals surface area contributed by atoms with E-state index in [1.807, 2.05) is 67.0 Å². The van der Waals surface area contributed by atoms with Crippen LogP contribution in [-0.2, 0) is 0 Å². The van der Waals surface area contributed by atoms with Crippen LogP contribution >= 0.6 is 0 Å². The standard InChI is InChI=1S/C21H22F2N4O3.2C20H20F2N4O3.C20H19N5O.C19H18F2N4O3/c1-13-11-26(8-7-24-13)15-4-6-19-25-16(10-20(28)27(19)12-15)14-3-5-17(29-2)18(9-14)30-21(22)23;1-28-16-4-2-13(10-17(16)29-20(21)22)15-11-19(27)26-12-14(3-5-18(26)24-15)25-8-6-23-7-9-25;1-12-10-25(7-6-23-12)14-3-5-18-24-15(9-19(28)26(18)11-14)13-2-4-16(27)17(8-13)29-20(21)22;26-20-12-18(14-1-3-17-15(11-14)5-6-22-17)23-19-4-2-16(13-25(19)20)24-9-7-21-8-10-24;20-19(21)28-16-9-12(1-3-15(16)26)14-10-18(27)25-11-13(2-4-17(25)23-14)24-7-5-22-6-8-24/h3-6,9-10,12-13,21,24H,7-8,11H2,1-2H3;2-5,10-12,20,23H,6-9H2,1H3;2-5,8-9,11-12,20,23,27H,6-7,10H2,1H3;1-6,11-13,21-22H,7-10H2;1-4,9-11,19,22,26H,5-8H2/t13-;;12-;;/m0.0../s1. The van der Waals surface area contributed by atoms with E-state index in [0.717, 1.165) is 163 Å². The first-order valence-electron chi connectivity index (χ1n) is 45.6. The van der Waals surface area contributed by atoms with Crippen LogP contribution in [0.5, 0.6) is 46.0 Å². The number of hydrogen-bond acceptors (Lipinski definition) is 28. The maximum Gasteiger partial charge on any atom is 0.387 e. The number of aromatic nitrogens is 11. The van der Waals surface area contributed by atoms with Crippen molar-refractivity contribution < 1.29 is 73.8 Å². The molecule has 34 nitrogen and oxygen atoms in total. The highest BCUT2D eigenvalue weighted by Crippen LogP contribution is 2.38. The Morgan fingerprint density at radius 1 is 0.310 bits per heavy atom. The predicted octanol–water partition coefficient (Wildman–Crippen LogP) is 11.9. The van der Waals surface area contributed by atoms with Crippen molar-refractivity contribution in [3.63, 3.8) is 0 Å². The molecule has 42 heteroatoms. The van der Waals surface area contributed by atoms with Crippen molar-refractivity contribution in [2.45, 2.75) is 52.4 Å². The van der Waals surface area contributed by atoms with Crippen LogP contribution < -0.4 is 107 Å². The molecule has 738 valence electrons. The van der Waals surface area contributed by atoms with E-state index >= 15 is 0 Å². The lowest BCUT2D eigenvalue weighted by Crippen LogP contribution is -2.49. The molecule has 5 aliphatic heterocycles. The molecule has 0 radical (unpaired) electrons. The number of fused-ring (bicyclic) bond motifs is 6. The fraction of sp³-hybridized carbons (Fsp3) is 0.280. The van der Waals surface area contributed by atoms with E-state index in [1.54, 1.807) is 71.7 Å². The summed E-state index contributed by atoms with van der Waals surface area (Å²) >= 11 is 0. The average Bonchev–Trinajstić information content (AvgIpc) is 1.13. The van der Waals surface area contributed by atoms with Gasteiger partial charge < -0.3 is 94.7 Å². The van der Waals surface area contributed by atoms with Gasteiger partial charge in [-0.2, -0.15) is 35.1 Å². The highest BCUT2D eigenvalue weighted by Gasteiger charge is 2.25. The first kappa shape index (κ1) is 97.7. The van der Waals surface area contributed by atoms with Crippen molar-refractivity contribution in [2.24, 2.45) is 0 Å². The summed E-state index contributed by atoms with van der Waals surface area (Å²) in [6, 6.07) is 51.5. The molecule has 0 spiro atoms. The van der Waals surface area contributed by atoms with E-state index in [2.05, 4.69) is 115 Å². The van der Waals surface area contributed by atoms with E-state index in [9.17, 15) is 69.3 Å². The molecule has 16 aromatic rings. The molecule has 5 fully saturated rings. The van der Waals surface area contributed by atoms with Gasteiger partial charge in [-0.1, -0.05) is 6.07 Å². The third kappa shape index (κ3) is 23.3. The van der Waals surface area contributed by atoms with Crippen molar-refractivity contribution in [3.05, 3.63) is 277 Å². The molecule has 2 atom stereocenters. The quantitative estimate of drug-likeness (QED) is 0.0329. The SMILES string of the molecule is COc1ccc(-c2cc(=O)n3cc(N4CCNCC4)ccc3n2)cc1OC(F)F.COc1ccc(-c2cc(=O)n3cc(N4CCN[C@@H](C)C4)ccc3n2)cc1OC(F)F.C[C@H]1CN(c2ccc3nc(-c4ccc(O)c(OC(F)F)c4)cc(=O)n3c2)CCN1.O=c1cc(-c2ccc(O)c(OC(F)F)c2)nc2ccc(N3CCNCC3)cn12.O=c1cc(-c2ccc3[nH]ccc3c2)nc2ccc(N3CCNCC3)cn12. The van der Waals surface area contributed by atoms with Gasteiger partial charge in [0.05, 0.1) is 71.1 Å². The lowest BCUT2D eigenvalue weighted by atomic mass is 10.1. The van der Waals surface area contributed by atoms with Crippen LogP contribution in [0.1, 0.15) is 13.8 Å². The zero-order valence-corrected chi connectivity index (χ0v) is 77.2. The molecule has 0 aliphatic carbocycles. The van der Waals surface area contributed by atoms with Crippen molar-refractivity contribution in [2.75, 3.05) is 157 Å². The smallest absolute Gasteiger partial charge is 0.387 e. The molecule has 5 aromatic carbocycles. The van der Waals surface area contributed by atoms with Gasteiger partial charge >= 0.3 is 26.4 Å². The van der Waals surface area contributed by atoms with Crippen LogP contribution in [0.25, 0.3) is 95.4 Å². The molecule has 21 rings (SSSR count). The van der Waals surface area contributed by atoms with Crippen LogP contribution in [0.3, 0.4) is 0 Å². The minimum absolute atomic E-state index is 0.0591. The second-order valence-corrected chi connectivity index (χ2v) is 33.7. The third-order valence-corrected chi connectivity index (χ3v) is 24.3. The van der Waals surface area contributed by atoms with E-state index < -0.39 is 37.9 Å². The normalized spacial score (nSPS) is 15.6. The zero-order valence-electron chi connectivity index (χ0n) is 77.2. The number of phenols is 2. The number of H-pyrrole nitrogens is 1. The first-order valence-corrected chi connectivity index (χ1v) is 45.6. The van der Waals surface area contributed by atoms with E-state index in [4.69, 9.17) is 14.5 Å². The van der Waals surface area contributed by atoms with Crippen LogP contribution in [0, 0.1) is 0 Å². The molecule has 5 saturated heterocycles. The van der Waals surface area contributed by atoms with Crippen LogP contribution in [-0.4, -0.2) is 233 Å². The number of phenolic OH excluding ortho intramolecular Hbond substituents is 2. The number of nitrogens with zero attached hydrogens (tertiary/aromatic N) is 15. The molecule has 0 amide bonds. The number of alkyl halides is 8. The number of rotatable bonds is 20. The molecule has 142 heavy (non-hydrogen) atoms. The van der Waals surface area contributed by atoms with Crippen molar-refractivity contribution in [1.29, 1.82) is 0 Å². The second-order valence-electron chi connectivity index (χ2n) is 33.7. The number of aromatic amines is 1. The molecule has 0 unspecified atom stereocenters. The summed E-state index contributed by atoms with van der Waals surface area (Å²) in [4.78, 5) is 100. The van der Waals surface area contributed by atoms with E-state index in [0.29, 0.717) is 91.0 Å². The van der Waals surface area contributed by atoms with Gasteiger partial charge in [0.15, 0.2) is 46.0 Å². The van der Waals surface area contributed by atoms with Crippen LogP contribution in [0.15, 0.2) is 249 Å². The summed E-state index contributed by atoms with van der Waals surface area (Å²) < 4.78 is 136. The van der Waals surface area contributed by atoms with E-state index in [1.165, 1.54) is 117 Å². The van der Waals surface area contributed by atoms with Gasteiger partial charge in [-0.05, 0) is 166 Å². The Morgan fingerprint density at radius 2 is 0.577 bits per heavy atom. The maximum atomic E-state index is 12.8.